The number of rotatable bonds is 6. The number of hydrogen-bond acceptors (Lipinski definition) is 6. The van der Waals surface area contributed by atoms with Crippen molar-refractivity contribution in [2.45, 2.75) is 19.6 Å². The molecule has 0 spiro atoms. The number of aliphatic hydroxyl groups is 1. The van der Waals surface area contributed by atoms with E-state index in [1.807, 2.05) is 25.1 Å². The van der Waals surface area contributed by atoms with Crippen LogP contribution in [0.15, 0.2) is 89.9 Å². The molecule has 1 aromatic heterocycles. The molecule has 1 aliphatic rings. The normalized spacial score (nSPS) is 16.9. The number of ether oxygens (including phenoxy) is 1. The number of aryl methyl sites for hydroxylation is 1. The van der Waals surface area contributed by atoms with Gasteiger partial charge in [0.1, 0.15) is 18.1 Å². The van der Waals surface area contributed by atoms with Crippen molar-refractivity contribution >= 4 is 45.5 Å². The smallest absolute Gasteiger partial charge is 0.301 e. The van der Waals surface area contributed by atoms with Crippen LogP contribution >= 0.6 is 22.9 Å². The number of nitrogens with zero attached hydrogens (tertiary/aromatic N) is 2. The zero-order valence-corrected chi connectivity index (χ0v) is 20.8. The van der Waals surface area contributed by atoms with Gasteiger partial charge in [0.05, 0.1) is 11.6 Å². The van der Waals surface area contributed by atoms with E-state index in [4.69, 9.17) is 16.3 Å². The van der Waals surface area contributed by atoms with Crippen LogP contribution in [0.2, 0.25) is 5.02 Å². The lowest BCUT2D eigenvalue weighted by Crippen LogP contribution is -2.29. The molecular formula is C28H21ClN2O4S. The number of aromatic nitrogens is 1. The SMILES string of the molecule is Cc1cccc(COc2ccc(/C(O)=C3\C(=O)C(=O)N(c4nccs4)[C@@H]3c3ccc(Cl)cc3)cc2)c1. The second kappa shape index (κ2) is 9.97. The Bertz CT molecular complexity index is 1450. The first-order valence-electron chi connectivity index (χ1n) is 11.2. The number of aliphatic hydroxyl groups excluding tert-OH is 1. The van der Waals surface area contributed by atoms with E-state index in [2.05, 4.69) is 11.1 Å². The molecule has 0 aliphatic carbocycles. The van der Waals surface area contributed by atoms with Crippen LogP contribution in [0.25, 0.3) is 5.76 Å². The second-order valence-electron chi connectivity index (χ2n) is 8.34. The van der Waals surface area contributed by atoms with Crippen molar-refractivity contribution in [1.82, 2.24) is 4.98 Å². The van der Waals surface area contributed by atoms with Gasteiger partial charge in [-0.2, -0.15) is 0 Å². The number of carbonyl (C=O) groups excluding carboxylic acids is 2. The minimum Gasteiger partial charge on any atom is -0.507 e. The fourth-order valence-corrected chi connectivity index (χ4v) is 4.95. The largest absolute Gasteiger partial charge is 0.507 e. The Labute approximate surface area is 217 Å². The summed E-state index contributed by atoms with van der Waals surface area (Å²) >= 11 is 7.30. The van der Waals surface area contributed by atoms with Gasteiger partial charge in [0.2, 0.25) is 0 Å². The van der Waals surface area contributed by atoms with Gasteiger partial charge in [-0.05, 0) is 54.4 Å². The molecule has 6 nitrogen and oxygen atoms in total. The average molecular weight is 517 g/mol. The number of anilines is 1. The monoisotopic (exact) mass is 516 g/mol. The lowest BCUT2D eigenvalue weighted by Gasteiger charge is -2.23. The maximum atomic E-state index is 13.1. The highest BCUT2D eigenvalue weighted by Crippen LogP contribution is 2.43. The molecule has 1 amide bonds. The summed E-state index contributed by atoms with van der Waals surface area (Å²) in [7, 11) is 0. The Morgan fingerprint density at radius 1 is 1.08 bits per heavy atom. The van der Waals surface area contributed by atoms with Crippen LogP contribution in [0, 0.1) is 6.92 Å². The van der Waals surface area contributed by atoms with E-state index in [9.17, 15) is 14.7 Å². The molecule has 3 aromatic carbocycles. The number of hydrogen-bond donors (Lipinski definition) is 1. The summed E-state index contributed by atoms with van der Waals surface area (Å²) in [6.45, 7) is 2.43. The predicted octanol–water partition coefficient (Wildman–Crippen LogP) is 6.31. The summed E-state index contributed by atoms with van der Waals surface area (Å²) in [4.78, 5) is 31.7. The molecular weight excluding hydrogens is 496 g/mol. The number of benzene rings is 3. The standard InChI is InChI=1S/C28H21ClN2O4S/c1-17-3-2-4-18(15-17)16-35-22-11-7-20(8-12-22)25(32)23-24(19-5-9-21(29)10-6-19)31(27(34)26(23)33)28-30-13-14-36-28/h2-15,24,32H,16H2,1H3/b25-23+/t24-/m1/s1. The average Bonchev–Trinajstić information content (AvgIpc) is 3.50. The number of thiazole rings is 1. The highest BCUT2D eigenvalue weighted by Gasteiger charge is 2.47. The van der Waals surface area contributed by atoms with Gasteiger partial charge in [-0.15, -0.1) is 11.3 Å². The van der Waals surface area contributed by atoms with E-state index in [1.165, 1.54) is 16.2 Å². The summed E-state index contributed by atoms with van der Waals surface area (Å²) in [5, 5.41) is 13.9. The fourth-order valence-electron chi connectivity index (χ4n) is 4.16. The summed E-state index contributed by atoms with van der Waals surface area (Å²) in [5.74, 6) is -1.17. The Hall–Kier alpha value is -3.94. The topological polar surface area (TPSA) is 79.7 Å². The fraction of sp³-hybridized carbons (Fsp3) is 0.107. The predicted molar refractivity (Wildman–Crippen MR) is 140 cm³/mol. The molecule has 1 N–H and O–H groups in total. The molecule has 180 valence electrons. The van der Waals surface area contributed by atoms with Gasteiger partial charge in [0, 0.05) is 22.2 Å². The van der Waals surface area contributed by atoms with Crippen LogP contribution in [0.5, 0.6) is 5.75 Å². The molecule has 0 unspecified atom stereocenters. The van der Waals surface area contributed by atoms with Crippen LogP contribution in [0.4, 0.5) is 5.13 Å². The third kappa shape index (κ3) is 4.63. The molecule has 1 aliphatic heterocycles. The summed E-state index contributed by atoms with van der Waals surface area (Å²) in [6, 6.07) is 20.8. The zero-order chi connectivity index (χ0) is 25.2. The van der Waals surface area contributed by atoms with E-state index >= 15 is 0 Å². The van der Waals surface area contributed by atoms with Gasteiger partial charge in [-0.3, -0.25) is 14.5 Å². The van der Waals surface area contributed by atoms with Gasteiger partial charge in [0.25, 0.3) is 5.78 Å². The molecule has 4 aromatic rings. The first-order chi connectivity index (χ1) is 17.4. The second-order valence-corrected chi connectivity index (χ2v) is 9.65. The van der Waals surface area contributed by atoms with Crippen molar-refractivity contribution in [3.05, 3.63) is 117 Å². The van der Waals surface area contributed by atoms with Crippen molar-refractivity contribution in [3.63, 3.8) is 0 Å². The molecule has 8 heteroatoms. The minimum atomic E-state index is -0.842. The maximum Gasteiger partial charge on any atom is 0.301 e. The number of carbonyl (C=O) groups is 2. The van der Waals surface area contributed by atoms with Crippen molar-refractivity contribution in [2.75, 3.05) is 4.90 Å². The summed E-state index contributed by atoms with van der Waals surface area (Å²) < 4.78 is 5.87. The lowest BCUT2D eigenvalue weighted by molar-refractivity contribution is -0.132. The van der Waals surface area contributed by atoms with Crippen molar-refractivity contribution in [2.24, 2.45) is 0 Å². The zero-order valence-electron chi connectivity index (χ0n) is 19.2. The van der Waals surface area contributed by atoms with E-state index in [0.29, 0.717) is 33.6 Å². The quantitative estimate of drug-likeness (QED) is 0.184. The van der Waals surface area contributed by atoms with Crippen molar-refractivity contribution < 1.29 is 19.4 Å². The molecule has 0 radical (unpaired) electrons. The Morgan fingerprint density at radius 2 is 1.83 bits per heavy atom. The number of Topliss-reactive ketones (excluding diaryl/α,β-unsaturated/α-hetero) is 1. The number of amides is 1. The maximum absolute atomic E-state index is 13.1. The van der Waals surface area contributed by atoms with Crippen LogP contribution in [-0.2, 0) is 16.2 Å². The van der Waals surface area contributed by atoms with Gasteiger partial charge in [-0.1, -0.05) is 53.6 Å². The highest BCUT2D eigenvalue weighted by molar-refractivity contribution is 7.14. The Balaban J connectivity index is 1.48. The molecule has 0 saturated carbocycles. The van der Waals surface area contributed by atoms with E-state index in [0.717, 1.165) is 11.1 Å². The number of halogens is 1. The number of ketones is 1. The van der Waals surface area contributed by atoms with Crippen LogP contribution < -0.4 is 9.64 Å². The molecule has 1 saturated heterocycles. The van der Waals surface area contributed by atoms with Crippen LogP contribution in [-0.4, -0.2) is 21.8 Å². The first kappa shape index (κ1) is 23.8. The Morgan fingerprint density at radius 3 is 2.50 bits per heavy atom. The van der Waals surface area contributed by atoms with Crippen LogP contribution in [0.1, 0.15) is 28.3 Å². The summed E-state index contributed by atoms with van der Waals surface area (Å²) in [6.07, 6.45) is 1.56. The third-order valence-electron chi connectivity index (χ3n) is 5.87. The molecule has 2 heterocycles. The third-order valence-corrected chi connectivity index (χ3v) is 6.89. The molecule has 36 heavy (non-hydrogen) atoms. The van der Waals surface area contributed by atoms with Crippen LogP contribution in [0.3, 0.4) is 0 Å². The molecule has 1 fully saturated rings. The first-order valence-corrected chi connectivity index (χ1v) is 12.4. The van der Waals surface area contributed by atoms with Crippen molar-refractivity contribution in [3.8, 4) is 5.75 Å². The van der Waals surface area contributed by atoms with Crippen molar-refractivity contribution in [1.29, 1.82) is 0 Å². The molecule has 5 rings (SSSR count). The Kier molecular flexibility index (Phi) is 6.59. The van der Waals surface area contributed by atoms with Gasteiger partial charge in [-0.25, -0.2) is 4.98 Å². The van der Waals surface area contributed by atoms with Gasteiger partial charge >= 0.3 is 5.91 Å². The minimum absolute atomic E-state index is 0.00838. The lowest BCUT2D eigenvalue weighted by atomic mass is 9.95. The molecule has 0 bridgehead atoms. The van der Waals surface area contributed by atoms with E-state index in [-0.39, 0.29) is 11.3 Å². The molecule has 1 atom stereocenters. The van der Waals surface area contributed by atoms with Gasteiger partial charge < -0.3 is 9.84 Å². The van der Waals surface area contributed by atoms with E-state index in [1.54, 1.807) is 60.1 Å². The van der Waals surface area contributed by atoms with Gasteiger partial charge in [0.15, 0.2) is 5.13 Å². The summed E-state index contributed by atoms with van der Waals surface area (Å²) in [5.41, 5.74) is 3.22. The van der Waals surface area contributed by atoms with E-state index < -0.39 is 17.7 Å². The highest BCUT2D eigenvalue weighted by atomic mass is 35.5.